The summed E-state index contributed by atoms with van der Waals surface area (Å²) >= 11 is 0. The van der Waals surface area contributed by atoms with Crippen LogP contribution in [0, 0.1) is 6.92 Å². The average molecular weight is 313 g/mol. The van der Waals surface area contributed by atoms with Crippen molar-refractivity contribution in [1.82, 2.24) is 19.9 Å². The summed E-state index contributed by atoms with van der Waals surface area (Å²) in [5, 5.41) is 3.55. The normalized spacial score (nSPS) is 18.3. The second-order valence-corrected chi connectivity index (χ2v) is 5.84. The smallest absolute Gasteiger partial charge is 0.130 e. The van der Waals surface area contributed by atoms with Crippen molar-refractivity contribution in [2.75, 3.05) is 38.7 Å². The lowest BCUT2D eigenvalue weighted by Gasteiger charge is -2.17. The molecule has 0 spiro atoms. The second kappa shape index (κ2) is 7.48. The standard InChI is InChI=1S/C17H23N5O/c1-13-19-16(14-3-6-18-7-4-14)11-17(20-13)21-15-5-8-22(12-15)9-10-23-2/h3-4,6-7,11,15H,5,8-10,12H2,1-2H3,(H,19,20,21). The van der Waals surface area contributed by atoms with Crippen LogP contribution in [0.5, 0.6) is 0 Å². The highest BCUT2D eigenvalue weighted by molar-refractivity contribution is 5.62. The van der Waals surface area contributed by atoms with Gasteiger partial charge in [-0.05, 0) is 25.5 Å². The van der Waals surface area contributed by atoms with Crippen LogP contribution in [-0.2, 0) is 4.74 Å². The fourth-order valence-electron chi connectivity index (χ4n) is 2.90. The molecule has 0 radical (unpaired) electrons. The summed E-state index contributed by atoms with van der Waals surface area (Å²) in [4.78, 5) is 15.5. The van der Waals surface area contributed by atoms with Gasteiger partial charge in [-0.25, -0.2) is 9.97 Å². The maximum atomic E-state index is 5.15. The molecule has 3 heterocycles. The van der Waals surface area contributed by atoms with Gasteiger partial charge in [-0.15, -0.1) is 0 Å². The van der Waals surface area contributed by atoms with Gasteiger partial charge in [-0.1, -0.05) is 0 Å². The molecule has 122 valence electrons. The third-order valence-electron chi connectivity index (χ3n) is 4.05. The first-order chi connectivity index (χ1) is 11.2. The Kier molecular flexibility index (Phi) is 5.15. The minimum absolute atomic E-state index is 0.423. The Hall–Kier alpha value is -2.05. The molecule has 1 fully saturated rings. The molecule has 2 aromatic heterocycles. The second-order valence-electron chi connectivity index (χ2n) is 5.84. The highest BCUT2D eigenvalue weighted by Gasteiger charge is 2.22. The van der Waals surface area contributed by atoms with Crippen molar-refractivity contribution < 1.29 is 4.74 Å². The first kappa shape index (κ1) is 15.8. The fourth-order valence-corrected chi connectivity index (χ4v) is 2.90. The molecule has 1 atom stereocenters. The van der Waals surface area contributed by atoms with E-state index in [0.29, 0.717) is 6.04 Å². The van der Waals surface area contributed by atoms with Crippen molar-refractivity contribution in [3.63, 3.8) is 0 Å². The van der Waals surface area contributed by atoms with Crippen molar-refractivity contribution in [2.45, 2.75) is 19.4 Å². The van der Waals surface area contributed by atoms with Crippen LogP contribution in [-0.4, -0.2) is 59.2 Å². The Balaban J connectivity index is 1.68. The number of hydrogen-bond donors (Lipinski definition) is 1. The fraction of sp³-hybridized carbons (Fsp3) is 0.471. The quantitative estimate of drug-likeness (QED) is 0.880. The average Bonchev–Trinajstić information content (AvgIpc) is 3.00. The van der Waals surface area contributed by atoms with Crippen molar-refractivity contribution in [1.29, 1.82) is 0 Å². The molecule has 1 N–H and O–H groups in total. The largest absolute Gasteiger partial charge is 0.383 e. The minimum atomic E-state index is 0.423. The van der Waals surface area contributed by atoms with E-state index < -0.39 is 0 Å². The number of rotatable bonds is 6. The van der Waals surface area contributed by atoms with E-state index in [1.807, 2.05) is 25.1 Å². The zero-order valence-electron chi connectivity index (χ0n) is 13.7. The highest BCUT2D eigenvalue weighted by atomic mass is 16.5. The van der Waals surface area contributed by atoms with Crippen LogP contribution in [0.2, 0.25) is 0 Å². The Bertz CT molecular complexity index is 634. The lowest BCUT2D eigenvalue weighted by molar-refractivity contribution is 0.160. The molecule has 1 unspecified atom stereocenters. The Morgan fingerprint density at radius 3 is 2.91 bits per heavy atom. The van der Waals surface area contributed by atoms with Crippen molar-refractivity contribution >= 4 is 5.82 Å². The summed E-state index contributed by atoms with van der Waals surface area (Å²) in [5.41, 5.74) is 1.98. The number of anilines is 1. The number of aromatic nitrogens is 3. The maximum Gasteiger partial charge on any atom is 0.130 e. The third-order valence-corrected chi connectivity index (χ3v) is 4.05. The zero-order chi connectivity index (χ0) is 16.1. The SMILES string of the molecule is COCCN1CCC(Nc2cc(-c3ccncc3)nc(C)n2)C1. The van der Waals surface area contributed by atoms with Gasteiger partial charge in [0.2, 0.25) is 0 Å². The van der Waals surface area contributed by atoms with Gasteiger partial charge >= 0.3 is 0 Å². The van der Waals surface area contributed by atoms with E-state index in [1.54, 1.807) is 19.5 Å². The predicted molar refractivity (Wildman–Crippen MR) is 90.3 cm³/mol. The number of pyridine rings is 1. The number of ether oxygens (including phenoxy) is 1. The Labute approximate surface area is 136 Å². The number of nitrogens with zero attached hydrogens (tertiary/aromatic N) is 4. The van der Waals surface area contributed by atoms with E-state index in [4.69, 9.17) is 4.74 Å². The van der Waals surface area contributed by atoms with Gasteiger partial charge in [0.15, 0.2) is 0 Å². The van der Waals surface area contributed by atoms with E-state index in [1.165, 1.54) is 0 Å². The first-order valence-electron chi connectivity index (χ1n) is 7.98. The van der Waals surface area contributed by atoms with Crippen LogP contribution < -0.4 is 5.32 Å². The number of aryl methyl sites for hydroxylation is 1. The number of nitrogens with one attached hydrogen (secondary N) is 1. The molecule has 2 aromatic rings. The van der Waals surface area contributed by atoms with E-state index in [0.717, 1.165) is 55.6 Å². The summed E-state index contributed by atoms with van der Waals surface area (Å²) in [5.74, 6) is 1.67. The van der Waals surface area contributed by atoms with Gasteiger partial charge in [-0.2, -0.15) is 0 Å². The maximum absolute atomic E-state index is 5.15. The summed E-state index contributed by atoms with van der Waals surface area (Å²) < 4.78 is 5.15. The molecule has 6 heteroatoms. The van der Waals surface area contributed by atoms with Gasteiger partial charge in [0.1, 0.15) is 11.6 Å². The molecule has 6 nitrogen and oxygen atoms in total. The minimum Gasteiger partial charge on any atom is -0.383 e. The summed E-state index contributed by atoms with van der Waals surface area (Å²) in [7, 11) is 1.75. The lowest BCUT2D eigenvalue weighted by atomic mass is 10.2. The topological polar surface area (TPSA) is 63.2 Å². The van der Waals surface area contributed by atoms with E-state index >= 15 is 0 Å². The van der Waals surface area contributed by atoms with Crippen LogP contribution in [0.25, 0.3) is 11.3 Å². The van der Waals surface area contributed by atoms with Crippen molar-refractivity contribution in [3.8, 4) is 11.3 Å². The monoisotopic (exact) mass is 313 g/mol. The van der Waals surface area contributed by atoms with Crippen LogP contribution in [0.1, 0.15) is 12.2 Å². The van der Waals surface area contributed by atoms with E-state index in [9.17, 15) is 0 Å². The van der Waals surface area contributed by atoms with Gasteiger partial charge in [0, 0.05) is 56.8 Å². The summed E-state index contributed by atoms with van der Waals surface area (Å²) in [6.45, 7) is 5.82. The molecular formula is C17H23N5O. The predicted octanol–water partition coefficient (Wildman–Crippen LogP) is 1.98. The molecule has 0 bridgehead atoms. The third kappa shape index (κ3) is 4.24. The molecule has 0 aromatic carbocycles. The molecule has 0 aliphatic carbocycles. The Morgan fingerprint density at radius 1 is 1.30 bits per heavy atom. The van der Waals surface area contributed by atoms with Crippen LogP contribution in [0.15, 0.2) is 30.6 Å². The van der Waals surface area contributed by atoms with Crippen molar-refractivity contribution in [2.24, 2.45) is 0 Å². The molecule has 1 aliphatic heterocycles. The molecule has 0 amide bonds. The van der Waals surface area contributed by atoms with Gasteiger partial charge in [0.25, 0.3) is 0 Å². The molecule has 1 saturated heterocycles. The lowest BCUT2D eigenvalue weighted by Crippen LogP contribution is -2.29. The van der Waals surface area contributed by atoms with Crippen LogP contribution >= 0.6 is 0 Å². The highest BCUT2D eigenvalue weighted by Crippen LogP contribution is 2.21. The van der Waals surface area contributed by atoms with Gasteiger partial charge < -0.3 is 10.1 Å². The number of hydrogen-bond acceptors (Lipinski definition) is 6. The van der Waals surface area contributed by atoms with Crippen LogP contribution in [0.3, 0.4) is 0 Å². The van der Waals surface area contributed by atoms with E-state index in [2.05, 4.69) is 25.2 Å². The molecule has 0 saturated carbocycles. The van der Waals surface area contributed by atoms with E-state index in [-0.39, 0.29) is 0 Å². The summed E-state index contributed by atoms with van der Waals surface area (Å²) in [6, 6.07) is 6.37. The number of methoxy groups -OCH3 is 1. The van der Waals surface area contributed by atoms with Gasteiger partial charge in [-0.3, -0.25) is 9.88 Å². The zero-order valence-corrected chi connectivity index (χ0v) is 13.7. The molecule has 23 heavy (non-hydrogen) atoms. The van der Waals surface area contributed by atoms with Gasteiger partial charge in [0.05, 0.1) is 12.3 Å². The van der Waals surface area contributed by atoms with Crippen LogP contribution in [0.4, 0.5) is 5.82 Å². The molecule has 3 rings (SSSR count). The summed E-state index contributed by atoms with van der Waals surface area (Å²) in [6.07, 6.45) is 4.69. The first-order valence-corrected chi connectivity index (χ1v) is 7.98. The molecule has 1 aliphatic rings. The molecular weight excluding hydrogens is 290 g/mol. The Morgan fingerprint density at radius 2 is 2.13 bits per heavy atom. The van der Waals surface area contributed by atoms with Crippen molar-refractivity contribution in [3.05, 3.63) is 36.4 Å². The number of likely N-dealkylation sites (tertiary alicyclic amines) is 1.